The molecule has 0 heterocycles. The normalized spacial score (nSPS) is 13.3. The maximum Gasteiger partial charge on any atom is 0.407 e. The number of nitrogens with one attached hydrogen (secondary N) is 1. The minimum absolute atomic E-state index is 0.0606. The Bertz CT molecular complexity index is 1320. The number of esters is 1. The summed E-state index contributed by atoms with van der Waals surface area (Å²) in [5.74, 6) is -1.47. The minimum atomic E-state index is -3.74. The van der Waals surface area contributed by atoms with Crippen molar-refractivity contribution in [3.63, 3.8) is 0 Å². The Labute approximate surface area is 210 Å². The van der Waals surface area contributed by atoms with Gasteiger partial charge in [-0.15, -0.1) is 0 Å². The molecule has 4 rings (SSSR count). The summed E-state index contributed by atoms with van der Waals surface area (Å²) in [5, 5.41) is 2.64. The zero-order valence-electron chi connectivity index (χ0n) is 20.0. The van der Waals surface area contributed by atoms with Crippen molar-refractivity contribution in [3.05, 3.63) is 89.5 Å². The molecule has 1 N–H and O–H groups in total. The van der Waals surface area contributed by atoms with E-state index < -0.39 is 28.1 Å². The highest BCUT2D eigenvalue weighted by Gasteiger charge is 2.29. The molecule has 8 nitrogen and oxygen atoms in total. The highest BCUT2D eigenvalue weighted by molar-refractivity contribution is 7.86. The average Bonchev–Trinajstić information content (AvgIpc) is 3.16. The standard InChI is InChI=1S/C27H27NO7S/c1-3-33-26(29)24(18-9-8-10-19(15-18)35-36(2,31)32)16-28-27(30)34-17-25-22-13-6-4-11-20(22)21-12-5-7-14-23(21)25/h4-15,24-25H,3,16-17H2,1-2H3,(H,28,30). The molecule has 9 heteroatoms. The van der Waals surface area contributed by atoms with Crippen molar-refractivity contribution >= 4 is 22.2 Å². The van der Waals surface area contributed by atoms with Crippen molar-refractivity contribution < 1.29 is 31.7 Å². The first-order valence-corrected chi connectivity index (χ1v) is 13.3. The number of fused-ring (bicyclic) bond motifs is 3. The molecule has 0 aromatic heterocycles. The lowest BCUT2D eigenvalue weighted by Crippen LogP contribution is -2.33. The summed E-state index contributed by atoms with van der Waals surface area (Å²) in [7, 11) is -3.74. The molecule has 0 saturated heterocycles. The molecule has 1 amide bonds. The van der Waals surface area contributed by atoms with Gasteiger partial charge in [-0.05, 0) is 46.9 Å². The van der Waals surface area contributed by atoms with Crippen LogP contribution in [0.2, 0.25) is 0 Å². The van der Waals surface area contributed by atoms with E-state index in [0.29, 0.717) is 5.56 Å². The molecule has 0 bridgehead atoms. The van der Waals surface area contributed by atoms with Gasteiger partial charge >= 0.3 is 22.2 Å². The largest absolute Gasteiger partial charge is 0.465 e. The Morgan fingerprint density at radius 2 is 1.56 bits per heavy atom. The number of alkyl carbamates (subject to hydrolysis) is 1. The van der Waals surface area contributed by atoms with Gasteiger partial charge in [-0.25, -0.2) is 4.79 Å². The molecule has 1 atom stereocenters. The third kappa shape index (κ3) is 5.85. The average molecular weight is 510 g/mol. The van der Waals surface area contributed by atoms with E-state index in [1.807, 2.05) is 36.4 Å². The number of benzene rings is 3. The predicted molar refractivity (Wildman–Crippen MR) is 134 cm³/mol. The smallest absolute Gasteiger partial charge is 0.407 e. The van der Waals surface area contributed by atoms with Crippen molar-refractivity contribution in [1.29, 1.82) is 0 Å². The van der Waals surface area contributed by atoms with E-state index >= 15 is 0 Å². The minimum Gasteiger partial charge on any atom is -0.465 e. The number of rotatable bonds is 9. The molecular weight excluding hydrogens is 482 g/mol. The summed E-state index contributed by atoms with van der Waals surface area (Å²) in [6, 6.07) is 22.2. The lowest BCUT2D eigenvalue weighted by atomic mass is 9.98. The van der Waals surface area contributed by atoms with Gasteiger partial charge in [-0.3, -0.25) is 4.79 Å². The molecule has 0 aliphatic heterocycles. The Hall–Kier alpha value is -3.85. The van der Waals surface area contributed by atoms with Gasteiger partial charge in [0.25, 0.3) is 0 Å². The summed E-state index contributed by atoms with van der Waals surface area (Å²) < 4.78 is 38.6. The second-order valence-electron chi connectivity index (χ2n) is 8.37. The van der Waals surface area contributed by atoms with Gasteiger partial charge in [0.1, 0.15) is 12.4 Å². The number of hydrogen-bond acceptors (Lipinski definition) is 7. The van der Waals surface area contributed by atoms with Crippen LogP contribution in [0.1, 0.15) is 35.4 Å². The molecule has 0 spiro atoms. The van der Waals surface area contributed by atoms with Crippen molar-refractivity contribution in [2.75, 3.05) is 26.0 Å². The molecule has 0 saturated carbocycles. The fourth-order valence-corrected chi connectivity index (χ4v) is 4.83. The Morgan fingerprint density at radius 3 is 2.17 bits per heavy atom. The first-order chi connectivity index (χ1) is 17.3. The quantitative estimate of drug-likeness (QED) is 0.340. The summed E-state index contributed by atoms with van der Waals surface area (Å²) in [6.45, 7) is 1.87. The van der Waals surface area contributed by atoms with E-state index in [9.17, 15) is 18.0 Å². The molecule has 188 valence electrons. The van der Waals surface area contributed by atoms with E-state index in [0.717, 1.165) is 28.5 Å². The van der Waals surface area contributed by atoms with Crippen molar-refractivity contribution in [2.24, 2.45) is 0 Å². The van der Waals surface area contributed by atoms with Crippen LogP contribution >= 0.6 is 0 Å². The van der Waals surface area contributed by atoms with Crippen LogP contribution in [0.4, 0.5) is 4.79 Å². The first kappa shape index (κ1) is 25.2. The second-order valence-corrected chi connectivity index (χ2v) is 9.95. The number of ether oxygens (including phenoxy) is 2. The third-order valence-electron chi connectivity index (χ3n) is 5.87. The number of carbonyl (C=O) groups excluding carboxylic acids is 2. The summed E-state index contributed by atoms with van der Waals surface area (Å²) in [4.78, 5) is 25.2. The molecule has 0 fully saturated rings. The van der Waals surface area contributed by atoms with Crippen molar-refractivity contribution in [3.8, 4) is 16.9 Å². The maximum absolute atomic E-state index is 12.6. The van der Waals surface area contributed by atoms with Gasteiger partial charge in [0.15, 0.2) is 0 Å². The Kier molecular flexibility index (Phi) is 7.59. The zero-order chi connectivity index (χ0) is 25.7. The van der Waals surface area contributed by atoms with Gasteiger partial charge in [0.05, 0.1) is 18.8 Å². The number of hydrogen-bond donors (Lipinski definition) is 1. The van der Waals surface area contributed by atoms with Crippen LogP contribution in [-0.4, -0.2) is 46.5 Å². The molecule has 0 radical (unpaired) electrons. The van der Waals surface area contributed by atoms with E-state index in [1.54, 1.807) is 19.1 Å². The number of carbonyl (C=O) groups is 2. The fraction of sp³-hybridized carbons (Fsp3) is 0.259. The lowest BCUT2D eigenvalue weighted by Gasteiger charge is -2.18. The van der Waals surface area contributed by atoms with Crippen LogP contribution in [-0.2, 0) is 24.4 Å². The summed E-state index contributed by atoms with van der Waals surface area (Å²) >= 11 is 0. The predicted octanol–water partition coefficient (Wildman–Crippen LogP) is 4.21. The summed E-state index contributed by atoms with van der Waals surface area (Å²) in [5.41, 5.74) is 4.88. The van der Waals surface area contributed by atoms with Crippen molar-refractivity contribution in [2.45, 2.75) is 18.8 Å². The van der Waals surface area contributed by atoms with Crippen LogP contribution in [0.3, 0.4) is 0 Å². The topological polar surface area (TPSA) is 108 Å². The van der Waals surface area contributed by atoms with Crippen LogP contribution in [0.25, 0.3) is 11.1 Å². The second kappa shape index (κ2) is 10.8. The van der Waals surface area contributed by atoms with Gasteiger partial charge in [0, 0.05) is 12.5 Å². The monoisotopic (exact) mass is 509 g/mol. The highest BCUT2D eigenvalue weighted by atomic mass is 32.2. The van der Waals surface area contributed by atoms with Gasteiger partial charge < -0.3 is 19.0 Å². The van der Waals surface area contributed by atoms with Gasteiger partial charge in [0.2, 0.25) is 0 Å². The SMILES string of the molecule is CCOC(=O)C(CNC(=O)OCC1c2ccccc2-c2ccccc21)c1cccc(OS(C)(=O)=O)c1. The molecule has 3 aromatic rings. The molecule has 36 heavy (non-hydrogen) atoms. The number of amides is 1. The maximum atomic E-state index is 12.6. The third-order valence-corrected chi connectivity index (χ3v) is 6.37. The molecular formula is C27H27NO7S. The van der Waals surface area contributed by atoms with Crippen LogP contribution < -0.4 is 9.50 Å². The van der Waals surface area contributed by atoms with Crippen LogP contribution in [0, 0.1) is 0 Å². The highest BCUT2D eigenvalue weighted by Crippen LogP contribution is 2.44. The molecule has 1 aliphatic rings. The summed E-state index contributed by atoms with van der Waals surface area (Å²) in [6.07, 6.45) is 0.260. The van der Waals surface area contributed by atoms with Crippen molar-refractivity contribution in [1.82, 2.24) is 5.32 Å². The van der Waals surface area contributed by atoms with E-state index in [1.165, 1.54) is 12.1 Å². The van der Waals surface area contributed by atoms with E-state index in [4.69, 9.17) is 13.7 Å². The van der Waals surface area contributed by atoms with E-state index in [2.05, 4.69) is 17.4 Å². The Morgan fingerprint density at radius 1 is 0.917 bits per heavy atom. The van der Waals surface area contributed by atoms with Crippen LogP contribution in [0.15, 0.2) is 72.8 Å². The molecule has 1 aliphatic carbocycles. The first-order valence-electron chi connectivity index (χ1n) is 11.5. The molecule has 1 unspecified atom stereocenters. The Balaban J connectivity index is 1.44. The fourth-order valence-electron chi connectivity index (χ4n) is 4.37. The van der Waals surface area contributed by atoms with Crippen LogP contribution in [0.5, 0.6) is 5.75 Å². The van der Waals surface area contributed by atoms with E-state index in [-0.39, 0.29) is 31.4 Å². The van der Waals surface area contributed by atoms with Gasteiger partial charge in [-0.2, -0.15) is 8.42 Å². The lowest BCUT2D eigenvalue weighted by molar-refractivity contribution is -0.144. The zero-order valence-corrected chi connectivity index (χ0v) is 20.8. The van der Waals surface area contributed by atoms with Gasteiger partial charge in [-0.1, -0.05) is 60.7 Å². The molecule has 3 aromatic carbocycles.